The molecular formula is C21H20F3N7OS. The number of amides is 1. The van der Waals surface area contributed by atoms with Gasteiger partial charge in [-0.05, 0) is 25.1 Å². The molecule has 1 amide bonds. The molecule has 0 aliphatic carbocycles. The molecule has 1 aliphatic rings. The molecule has 5 rings (SSSR count). The van der Waals surface area contributed by atoms with Crippen molar-refractivity contribution >= 4 is 33.3 Å². The minimum Gasteiger partial charge on any atom is -0.358 e. The van der Waals surface area contributed by atoms with Crippen molar-refractivity contribution in [1.82, 2.24) is 29.6 Å². The van der Waals surface area contributed by atoms with Gasteiger partial charge in [-0.15, -0.1) is 0 Å². The number of aromatic nitrogens is 5. The van der Waals surface area contributed by atoms with Crippen molar-refractivity contribution in [3.63, 3.8) is 0 Å². The average molecular weight is 476 g/mol. The van der Waals surface area contributed by atoms with Crippen molar-refractivity contribution in [2.75, 3.05) is 24.5 Å². The maximum atomic E-state index is 13.5. The van der Waals surface area contributed by atoms with Crippen LogP contribution in [-0.4, -0.2) is 61.2 Å². The van der Waals surface area contributed by atoms with E-state index in [4.69, 9.17) is 0 Å². The second kappa shape index (κ2) is 8.18. The van der Waals surface area contributed by atoms with Gasteiger partial charge in [-0.1, -0.05) is 23.5 Å². The van der Waals surface area contributed by atoms with Gasteiger partial charge in [0.15, 0.2) is 5.82 Å². The van der Waals surface area contributed by atoms with Crippen LogP contribution in [0.3, 0.4) is 0 Å². The fourth-order valence-electron chi connectivity index (χ4n) is 4.00. The summed E-state index contributed by atoms with van der Waals surface area (Å²) in [5.41, 5.74) is 1.55. The Kier molecular flexibility index (Phi) is 5.31. The van der Waals surface area contributed by atoms with Gasteiger partial charge in [-0.2, -0.15) is 18.3 Å². The first-order valence-corrected chi connectivity index (χ1v) is 11.2. The summed E-state index contributed by atoms with van der Waals surface area (Å²) in [5.74, 6) is 0.214. The minimum absolute atomic E-state index is 0.0800. The molecule has 1 atom stereocenters. The van der Waals surface area contributed by atoms with Gasteiger partial charge in [0.05, 0.1) is 11.0 Å². The highest BCUT2D eigenvalue weighted by atomic mass is 32.1. The molecule has 3 aromatic heterocycles. The number of piperazine rings is 1. The number of hydrogen-bond donors (Lipinski definition) is 1. The summed E-state index contributed by atoms with van der Waals surface area (Å²) < 4.78 is 42.1. The highest BCUT2D eigenvalue weighted by molar-refractivity contribution is 7.16. The van der Waals surface area contributed by atoms with Crippen molar-refractivity contribution in [3.8, 4) is 11.5 Å². The van der Waals surface area contributed by atoms with Crippen LogP contribution in [0, 0.1) is 0 Å². The number of benzene rings is 1. The highest BCUT2D eigenvalue weighted by Gasteiger charge is 2.39. The zero-order valence-electron chi connectivity index (χ0n) is 17.6. The molecule has 4 aromatic rings. The maximum absolute atomic E-state index is 13.5. The first kappa shape index (κ1) is 21.4. The summed E-state index contributed by atoms with van der Waals surface area (Å²) >= 11 is 0.605. The Labute approximate surface area is 190 Å². The van der Waals surface area contributed by atoms with E-state index in [2.05, 4.69) is 20.1 Å². The summed E-state index contributed by atoms with van der Waals surface area (Å²) in [6.45, 7) is 3.18. The minimum atomic E-state index is -4.56. The molecule has 0 saturated carbocycles. The standard InChI is InChI=1S/C21H20F3N7OS/c1-13-11-29(9-10-31(13)16(32)12-30-8-4-7-25-30)19-17(28-20(33-19)21(22,23)24)18-26-14-5-2-3-6-15(14)27-18/h2-8,13H,9-12H2,1H3,(H,26,27). The Hall–Kier alpha value is -3.41. The van der Waals surface area contributed by atoms with Gasteiger partial charge in [0.2, 0.25) is 10.9 Å². The van der Waals surface area contributed by atoms with Crippen LogP contribution in [0.25, 0.3) is 22.6 Å². The van der Waals surface area contributed by atoms with E-state index in [1.807, 2.05) is 30.0 Å². The average Bonchev–Trinajstić information content (AvgIpc) is 3.51. The van der Waals surface area contributed by atoms with Crippen LogP contribution in [0.15, 0.2) is 42.7 Å². The monoisotopic (exact) mass is 475 g/mol. The van der Waals surface area contributed by atoms with Gasteiger partial charge in [0.25, 0.3) is 0 Å². The lowest BCUT2D eigenvalue weighted by Gasteiger charge is -2.40. The van der Waals surface area contributed by atoms with Crippen molar-refractivity contribution in [2.45, 2.75) is 25.7 Å². The van der Waals surface area contributed by atoms with Gasteiger partial charge < -0.3 is 14.8 Å². The maximum Gasteiger partial charge on any atom is 0.443 e. The normalized spacial score (nSPS) is 17.2. The number of thiazole rings is 1. The molecule has 1 saturated heterocycles. The van der Waals surface area contributed by atoms with E-state index >= 15 is 0 Å². The number of rotatable bonds is 4. The van der Waals surface area contributed by atoms with Crippen molar-refractivity contribution in [2.24, 2.45) is 0 Å². The summed E-state index contributed by atoms with van der Waals surface area (Å²) in [5, 5.41) is 3.54. The summed E-state index contributed by atoms with van der Waals surface area (Å²) in [6, 6.07) is 8.80. The number of imidazole rings is 1. The van der Waals surface area contributed by atoms with Crippen LogP contribution in [0.1, 0.15) is 11.9 Å². The van der Waals surface area contributed by atoms with Gasteiger partial charge in [-0.25, -0.2) is 9.97 Å². The number of halogens is 3. The molecule has 8 nitrogen and oxygen atoms in total. The van der Waals surface area contributed by atoms with E-state index in [9.17, 15) is 18.0 Å². The molecule has 1 fully saturated rings. The number of H-pyrrole nitrogens is 1. The molecule has 33 heavy (non-hydrogen) atoms. The molecule has 1 N–H and O–H groups in total. The Morgan fingerprint density at radius 2 is 2.03 bits per heavy atom. The number of para-hydroxylation sites is 2. The van der Waals surface area contributed by atoms with Crippen LogP contribution < -0.4 is 4.90 Å². The van der Waals surface area contributed by atoms with E-state index in [1.165, 1.54) is 0 Å². The van der Waals surface area contributed by atoms with Crippen LogP contribution in [0.5, 0.6) is 0 Å². The third-order valence-electron chi connectivity index (χ3n) is 5.56. The largest absolute Gasteiger partial charge is 0.443 e. The van der Waals surface area contributed by atoms with E-state index in [0.717, 1.165) is 5.52 Å². The SMILES string of the molecule is CC1CN(c2sc(C(F)(F)F)nc2-c2nc3ccccc3[nH]2)CCN1C(=O)Cn1cccn1. The molecule has 0 bridgehead atoms. The zero-order chi connectivity index (χ0) is 23.2. The number of hydrogen-bond acceptors (Lipinski definition) is 6. The number of anilines is 1. The van der Waals surface area contributed by atoms with E-state index in [0.29, 0.717) is 47.3 Å². The molecule has 1 aromatic carbocycles. The molecule has 4 heterocycles. The summed E-state index contributed by atoms with van der Waals surface area (Å²) in [6.07, 6.45) is -1.23. The summed E-state index contributed by atoms with van der Waals surface area (Å²) in [4.78, 5) is 27.8. The molecular weight excluding hydrogens is 455 g/mol. The Bertz CT molecular complexity index is 1250. The Balaban J connectivity index is 1.43. The number of carbonyl (C=O) groups excluding carboxylic acids is 1. The molecule has 0 radical (unpaired) electrons. The topological polar surface area (TPSA) is 82.9 Å². The molecule has 1 unspecified atom stereocenters. The fraction of sp³-hybridized carbons (Fsp3) is 0.333. The second-order valence-electron chi connectivity index (χ2n) is 7.86. The van der Waals surface area contributed by atoms with Crippen LogP contribution in [0.4, 0.5) is 18.2 Å². The quantitative estimate of drug-likeness (QED) is 0.487. The number of aromatic amines is 1. The van der Waals surface area contributed by atoms with E-state index in [1.54, 1.807) is 34.1 Å². The molecule has 172 valence electrons. The number of carbonyl (C=O) groups is 1. The van der Waals surface area contributed by atoms with Crippen LogP contribution >= 0.6 is 11.3 Å². The molecule has 1 aliphatic heterocycles. The van der Waals surface area contributed by atoms with Crippen LogP contribution in [-0.2, 0) is 17.5 Å². The van der Waals surface area contributed by atoms with E-state index < -0.39 is 11.2 Å². The lowest BCUT2D eigenvalue weighted by Crippen LogP contribution is -2.54. The third-order valence-corrected chi connectivity index (χ3v) is 6.72. The molecule has 0 spiro atoms. The second-order valence-corrected chi connectivity index (χ2v) is 8.84. The van der Waals surface area contributed by atoms with Gasteiger partial charge in [-0.3, -0.25) is 9.48 Å². The number of alkyl halides is 3. The predicted molar refractivity (Wildman–Crippen MR) is 118 cm³/mol. The number of nitrogens with zero attached hydrogens (tertiary/aromatic N) is 6. The van der Waals surface area contributed by atoms with Crippen molar-refractivity contribution in [1.29, 1.82) is 0 Å². The van der Waals surface area contributed by atoms with Crippen molar-refractivity contribution in [3.05, 3.63) is 47.7 Å². The Morgan fingerprint density at radius 1 is 1.21 bits per heavy atom. The van der Waals surface area contributed by atoms with Crippen LogP contribution in [0.2, 0.25) is 0 Å². The van der Waals surface area contributed by atoms with Gasteiger partial charge in [0.1, 0.15) is 17.2 Å². The third kappa shape index (κ3) is 4.17. The fourth-order valence-corrected chi connectivity index (χ4v) is 4.97. The lowest BCUT2D eigenvalue weighted by molar-refractivity contribution is -0.137. The number of fused-ring (bicyclic) bond motifs is 1. The van der Waals surface area contributed by atoms with E-state index in [-0.39, 0.29) is 24.2 Å². The van der Waals surface area contributed by atoms with Gasteiger partial charge in [0, 0.05) is 38.1 Å². The molecule has 12 heteroatoms. The summed E-state index contributed by atoms with van der Waals surface area (Å²) in [7, 11) is 0. The predicted octanol–water partition coefficient (Wildman–Crippen LogP) is 3.64. The highest BCUT2D eigenvalue weighted by Crippen LogP contribution is 2.42. The van der Waals surface area contributed by atoms with Gasteiger partial charge >= 0.3 is 6.18 Å². The first-order valence-electron chi connectivity index (χ1n) is 10.3. The lowest BCUT2D eigenvalue weighted by atomic mass is 10.2. The zero-order valence-corrected chi connectivity index (χ0v) is 18.4. The van der Waals surface area contributed by atoms with Crippen molar-refractivity contribution < 1.29 is 18.0 Å². The smallest absolute Gasteiger partial charge is 0.358 e. The first-order chi connectivity index (χ1) is 15.8. The Morgan fingerprint density at radius 3 is 2.73 bits per heavy atom. The number of nitrogens with one attached hydrogen (secondary N) is 1.